The van der Waals surface area contributed by atoms with Crippen molar-refractivity contribution in [3.8, 4) is 11.5 Å². The number of amides is 1. The first-order valence-electron chi connectivity index (χ1n) is 11.0. The summed E-state index contributed by atoms with van der Waals surface area (Å²) < 4.78 is 39.9. The first kappa shape index (κ1) is 22.4. The lowest BCUT2D eigenvalue weighted by Gasteiger charge is -2.21. The molecule has 0 bridgehead atoms. The van der Waals surface area contributed by atoms with E-state index in [2.05, 4.69) is 10.6 Å². The quantitative estimate of drug-likeness (QED) is 0.433. The molecule has 35 heavy (non-hydrogen) atoms. The molecule has 0 radical (unpaired) electrons. The largest absolute Gasteiger partial charge is 0.486 e. The molecule has 1 amide bonds. The number of fused-ring (bicyclic) bond motifs is 2. The van der Waals surface area contributed by atoms with Gasteiger partial charge < -0.3 is 20.1 Å². The summed E-state index contributed by atoms with van der Waals surface area (Å²) in [6.07, 6.45) is 0. The molecule has 2 heterocycles. The zero-order valence-electron chi connectivity index (χ0n) is 18.5. The number of halogens is 2. The zero-order valence-corrected chi connectivity index (χ0v) is 18.5. The molecule has 0 saturated carbocycles. The molecule has 1 aliphatic heterocycles. The standard InChI is InChI=1S/C26H21F2N3O4/c27-18-6-7-21(20(28)12-18)30-25(32)15-31-22-13-24-23(34-8-9-35-24)11-16(22)10-17(26(31)33)14-29-19-4-2-1-3-5-19/h1-7,10-13,29H,8-9,14-15H2,(H,30,32). The predicted molar refractivity (Wildman–Crippen MR) is 128 cm³/mol. The number of benzene rings is 3. The van der Waals surface area contributed by atoms with Crippen molar-refractivity contribution >= 4 is 28.2 Å². The number of nitrogens with zero attached hydrogens (tertiary/aromatic N) is 1. The van der Waals surface area contributed by atoms with E-state index in [4.69, 9.17) is 9.47 Å². The van der Waals surface area contributed by atoms with E-state index in [9.17, 15) is 18.4 Å². The average Bonchev–Trinajstić information content (AvgIpc) is 2.86. The molecule has 5 rings (SSSR count). The third kappa shape index (κ3) is 4.79. The van der Waals surface area contributed by atoms with E-state index in [0.29, 0.717) is 47.2 Å². The van der Waals surface area contributed by atoms with Crippen LogP contribution in [0.5, 0.6) is 11.5 Å². The van der Waals surface area contributed by atoms with Gasteiger partial charge in [0.15, 0.2) is 11.5 Å². The van der Waals surface area contributed by atoms with Crippen LogP contribution in [0.1, 0.15) is 5.56 Å². The van der Waals surface area contributed by atoms with Crippen LogP contribution < -0.4 is 25.7 Å². The fourth-order valence-electron chi connectivity index (χ4n) is 3.94. The molecule has 178 valence electrons. The van der Waals surface area contributed by atoms with Crippen molar-refractivity contribution in [3.05, 3.63) is 94.3 Å². The number of carbonyl (C=O) groups excluding carboxylic acids is 1. The first-order chi connectivity index (χ1) is 17.0. The maximum absolute atomic E-state index is 14.0. The molecule has 1 aliphatic rings. The van der Waals surface area contributed by atoms with Crippen molar-refractivity contribution in [3.63, 3.8) is 0 Å². The Morgan fingerprint density at radius 2 is 1.69 bits per heavy atom. The molecule has 7 nitrogen and oxygen atoms in total. The summed E-state index contributed by atoms with van der Waals surface area (Å²) in [5, 5.41) is 6.29. The maximum Gasteiger partial charge on any atom is 0.256 e. The second kappa shape index (κ2) is 9.46. The minimum absolute atomic E-state index is 0.176. The normalized spacial score (nSPS) is 12.4. The Bertz CT molecular complexity index is 1470. The van der Waals surface area contributed by atoms with Gasteiger partial charge in [-0.1, -0.05) is 18.2 Å². The molecule has 0 unspecified atom stereocenters. The minimum atomic E-state index is -0.906. The molecule has 0 atom stereocenters. The highest BCUT2D eigenvalue weighted by Crippen LogP contribution is 2.34. The van der Waals surface area contributed by atoms with Gasteiger partial charge in [-0.05, 0) is 36.4 Å². The van der Waals surface area contributed by atoms with Gasteiger partial charge in [-0.2, -0.15) is 0 Å². The van der Waals surface area contributed by atoms with Gasteiger partial charge in [0.05, 0.1) is 11.2 Å². The van der Waals surface area contributed by atoms with Crippen molar-refractivity contribution in [2.75, 3.05) is 23.8 Å². The summed E-state index contributed by atoms with van der Waals surface area (Å²) in [5.74, 6) is -1.28. The van der Waals surface area contributed by atoms with Gasteiger partial charge in [-0.25, -0.2) is 8.78 Å². The summed E-state index contributed by atoms with van der Waals surface area (Å²) in [5.41, 5.74) is 1.18. The number of pyridine rings is 1. The Morgan fingerprint density at radius 3 is 2.43 bits per heavy atom. The third-order valence-electron chi connectivity index (χ3n) is 5.60. The van der Waals surface area contributed by atoms with Crippen molar-refractivity contribution in [2.45, 2.75) is 13.1 Å². The van der Waals surface area contributed by atoms with E-state index < -0.39 is 17.5 Å². The van der Waals surface area contributed by atoms with Gasteiger partial charge in [0.2, 0.25) is 5.91 Å². The van der Waals surface area contributed by atoms with E-state index in [-0.39, 0.29) is 24.3 Å². The van der Waals surface area contributed by atoms with Gasteiger partial charge in [0.1, 0.15) is 31.4 Å². The van der Waals surface area contributed by atoms with E-state index in [1.165, 1.54) is 4.57 Å². The van der Waals surface area contributed by atoms with Crippen LogP contribution >= 0.6 is 0 Å². The third-order valence-corrected chi connectivity index (χ3v) is 5.60. The summed E-state index contributed by atoms with van der Waals surface area (Å²) in [6, 6.07) is 17.4. The van der Waals surface area contributed by atoms with E-state index in [1.54, 1.807) is 18.2 Å². The van der Waals surface area contributed by atoms with Crippen LogP contribution in [0.15, 0.2) is 71.5 Å². The number of para-hydroxylation sites is 1. The topological polar surface area (TPSA) is 81.6 Å². The Morgan fingerprint density at radius 1 is 0.943 bits per heavy atom. The number of hydrogen-bond acceptors (Lipinski definition) is 5. The van der Waals surface area contributed by atoms with Gasteiger partial charge in [-0.15, -0.1) is 0 Å². The predicted octanol–water partition coefficient (Wildman–Crippen LogP) is 4.30. The van der Waals surface area contributed by atoms with E-state index >= 15 is 0 Å². The van der Waals surface area contributed by atoms with Crippen LogP contribution in [0.3, 0.4) is 0 Å². The number of ether oxygens (including phenoxy) is 2. The fourth-order valence-corrected chi connectivity index (χ4v) is 3.94. The smallest absolute Gasteiger partial charge is 0.256 e. The lowest BCUT2D eigenvalue weighted by atomic mass is 10.1. The lowest BCUT2D eigenvalue weighted by molar-refractivity contribution is -0.116. The van der Waals surface area contributed by atoms with Crippen LogP contribution in [-0.4, -0.2) is 23.7 Å². The van der Waals surface area contributed by atoms with Gasteiger partial charge in [0, 0.05) is 35.3 Å². The molecule has 2 N–H and O–H groups in total. The maximum atomic E-state index is 14.0. The second-order valence-electron chi connectivity index (χ2n) is 8.01. The van der Waals surface area contributed by atoms with Crippen LogP contribution in [-0.2, 0) is 17.9 Å². The minimum Gasteiger partial charge on any atom is -0.486 e. The van der Waals surface area contributed by atoms with Crippen molar-refractivity contribution < 1.29 is 23.0 Å². The van der Waals surface area contributed by atoms with Crippen LogP contribution in [0, 0.1) is 11.6 Å². The molecule has 0 spiro atoms. The number of carbonyl (C=O) groups is 1. The van der Waals surface area contributed by atoms with Crippen LogP contribution in [0.4, 0.5) is 20.2 Å². The molecule has 0 saturated heterocycles. The summed E-state index contributed by atoms with van der Waals surface area (Å²) >= 11 is 0. The monoisotopic (exact) mass is 477 g/mol. The summed E-state index contributed by atoms with van der Waals surface area (Å²) in [4.78, 5) is 26.2. The first-order valence-corrected chi connectivity index (χ1v) is 11.0. The van der Waals surface area contributed by atoms with Gasteiger partial charge >= 0.3 is 0 Å². The fraction of sp³-hybridized carbons (Fsp3) is 0.154. The molecule has 9 heteroatoms. The van der Waals surface area contributed by atoms with Gasteiger partial charge in [-0.3, -0.25) is 14.2 Å². The van der Waals surface area contributed by atoms with E-state index in [1.807, 2.05) is 30.3 Å². The SMILES string of the molecule is O=C(Cn1c(=O)c(CNc2ccccc2)cc2cc3c(cc21)OCCO3)Nc1ccc(F)cc1F. The summed E-state index contributed by atoms with van der Waals surface area (Å²) in [6.45, 7) is 0.616. The molecule has 0 fully saturated rings. The molecule has 1 aromatic heterocycles. The highest BCUT2D eigenvalue weighted by Gasteiger charge is 2.19. The second-order valence-corrected chi connectivity index (χ2v) is 8.01. The molecule has 4 aromatic rings. The molecule has 3 aromatic carbocycles. The molecular formula is C26H21F2N3O4. The number of rotatable bonds is 6. The summed E-state index contributed by atoms with van der Waals surface area (Å²) in [7, 11) is 0. The van der Waals surface area contributed by atoms with Crippen molar-refractivity contribution in [1.29, 1.82) is 0 Å². The molecule has 0 aliphatic carbocycles. The Balaban J connectivity index is 1.52. The van der Waals surface area contributed by atoms with Crippen molar-refractivity contribution in [2.24, 2.45) is 0 Å². The van der Waals surface area contributed by atoms with Crippen LogP contribution in [0.2, 0.25) is 0 Å². The lowest BCUT2D eigenvalue weighted by Crippen LogP contribution is -2.31. The Hall–Kier alpha value is -4.40. The highest BCUT2D eigenvalue weighted by molar-refractivity contribution is 5.92. The zero-order chi connectivity index (χ0) is 24.4. The van der Waals surface area contributed by atoms with Crippen LogP contribution in [0.25, 0.3) is 10.9 Å². The highest BCUT2D eigenvalue weighted by atomic mass is 19.1. The number of aromatic nitrogens is 1. The molecular weight excluding hydrogens is 456 g/mol. The Kier molecular flexibility index (Phi) is 6.05. The Labute approximate surface area is 198 Å². The number of nitrogens with one attached hydrogen (secondary N) is 2. The average molecular weight is 477 g/mol. The van der Waals surface area contributed by atoms with E-state index in [0.717, 1.165) is 17.8 Å². The van der Waals surface area contributed by atoms with Gasteiger partial charge in [0.25, 0.3) is 5.56 Å². The number of hydrogen-bond donors (Lipinski definition) is 2. The van der Waals surface area contributed by atoms with Crippen molar-refractivity contribution in [1.82, 2.24) is 4.57 Å². The number of anilines is 2.